The molecule has 2 nitrogen and oxygen atoms in total. The Labute approximate surface area is 167 Å². The van der Waals surface area contributed by atoms with Crippen molar-refractivity contribution in [3.05, 3.63) is 65.0 Å². The fourth-order valence-electron chi connectivity index (χ4n) is 3.78. The zero-order chi connectivity index (χ0) is 20.5. The summed E-state index contributed by atoms with van der Waals surface area (Å²) >= 11 is 0. The molecule has 0 amide bonds. The predicted molar refractivity (Wildman–Crippen MR) is 109 cm³/mol. The minimum Gasteiger partial charge on any atom is -0.486 e. The second-order valence-electron chi connectivity index (χ2n) is 7.79. The van der Waals surface area contributed by atoms with Crippen LogP contribution in [0, 0.1) is 17.6 Å². The molecule has 1 unspecified atom stereocenters. The Balaban J connectivity index is 1.69. The molecule has 1 aromatic heterocycles. The van der Waals surface area contributed by atoms with E-state index in [-0.39, 0.29) is 23.5 Å². The molecule has 1 aliphatic carbocycles. The Morgan fingerprint density at radius 1 is 1.14 bits per heavy atom. The van der Waals surface area contributed by atoms with Gasteiger partial charge in [-0.25, -0.2) is 8.78 Å². The number of hydrogen-bond acceptors (Lipinski definition) is 2. The normalized spacial score (nSPS) is 17.8. The Morgan fingerprint density at radius 3 is 2.55 bits per heavy atom. The van der Waals surface area contributed by atoms with Crippen molar-refractivity contribution in [2.45, 2.75) is 39.5 Å². The van der Waals surface area contributed by atoms with Gasteiger partial charge in [0.25, 0.3) is 0 Å². The highest BCUT2D eigenvalue weighted by Crippen LogP contribution is 2.37. The van der Waals surface area contributed by atoms with Gasteiger partial charge >= 0.3 is 0 Å². The van der Waals surface area contributed by atoms with Crippen LogP contribution in [0.2, 0.25) is 0 Å². The lowest BCUT2D eigenvalue weighted by Crippen LogP contribution is -2.04. The van der Waals surface area contributed by atoms with Gasteiger partial charge in [0.15, 0.2) is 22.7 Å². The maximum Gasteiger partial charge on any atom is 0.208 e. The first-order chi connectivity index (χ1) is 13.9. The van der Waals surface area contributed by atoms with Gasteiger partial charge in [0.2, 0.25) is 5.82 Å². The Hall–Kier alpha value is -2.69. The summed E-state index contributed by atoms with van der Waals surface area (Å²) in [7, 11) is 0. The van der Waals surface area contributed by atoms with Crippen molar-refractivity contribution in [3.63, 3.8) is 0 Å². The average Bonchev–Trinajstić information content (AvgIpc) is 3.08. The van der Waals surface area contributed by atoms with E-state index in [1.54, 1.807) is 18.2 Å². The van der Waals surface area contributed by atoms with Crippen LogP contribution in [0.25, 0.3) is 21.9 Å². The van der Waals surface area contributed by atoms with Crippen LogP contribution in [-0.4, -0.2) is 6.61 Å². The molecule has 0 spiro atoms. The molecule has 1 heterocycles. The van der Waals surface area contributed by atoms with Crippen LogP contribution in [0.3, 0.4) is 0 Å². The zero-order valence-corrected chi connectivity index (χ0v) is 16.5. The predicted octanol–water partition coefficient (Wildman–Crippen LogP) is 7.41. The minimum atomic E-state index is -0.714. The summed E-state index contributed by atoms with van der Waals surface area (Å²) in [5.41, 5.74) is 1.78. The highest BCUT2D eigenvalue weighted by Gasteiger charge is 2.20. The monoisotopic (exact) mass is 400 g/mol. The van der Waals surface area contributed by atoms with Crippen molar-refractivity contribution in [1.82, 2.24) is 0 Å². The summed E-state index contributed by atoms with van der Waals surface area (Å²) in [6, 6.07) is 6.62. The smallest absolute Gasteiger partial charge is 0.208 e. The van der Waals surface area contributed by atoms with Crippen LogP contribution >= 0.6 is 0 Å². The van der Waals surface area contributed by atoms with E-state index in [2.05, 4.69) is 13.0 Å². The number of allylic oxidation sites excluding steroid dienone is 3. The van der Waals surface area contributed by atoms with Crippen molar-refractivity contribution in [2.24, 2.45) is 5.92 Å². The van der Waals surface area contributed by atoms with Crippen LogP contribution in [0.4, 0.5) is 13.2 Å². The molecule has 0 radical (unpaired) electrons. The van der Waals surface area contributed by atoms with Crippen LogP contribution in [0.15, 0.2) is 52.2 Å². The molecule has 0 saturated carbocycles. The molecule has 0 N–H and O–H groups in total. The van der Waals surface area contributed by atoms with Gasteiger partial charge in [-0.15, -0.1) is 0 Å². The fourth-order valence-corrected chi connectivity index (χ4v) is 3.78. The number of benzene rings is 2. The Morgan fingerprint density at radius 2 is 1.86 bits per heavy atom. The maximum atomic E-state index is 15.1. The summed E-state index contributed by atoms with van der Waals surface area (Å²) in [6.45, 7) is 3.40. The first-order valence-electron chi connectivity index (χ1n) is 9.89. The molecule has 0 saturated heterocycles. The van der Waals surface area contributed by atoms with Gasteiger partial charge in [0.1, 0.15) is 6.61 Å². The minimum absolute atomic E-state index is 0.0535. The quantitative estimate of drug-likeness (QED) is 0.416. The van der Waals surface area contributed by atoms with Gasteiger partial charge < -0.3 is 9.15 Å². The number of halogens is 3. The van der Waals surface area contributed by atoms with Gasteiger partial charge in [-0.3, -0.25) is 0 Å². The highest BCUT2D eigenvalue weighted by atomic mass is 19.1. The zero-order valence-electron chi connectivity index (χ0n) is 16.5. The first-order valence-corrected chi connectivity index (χ1v) is 9.89. The van der Waals surface area contributed by atoms with E-state index in [1.165, 1.54) is 24.6 Å². The maximum absolute atomic E-state index is 15.1. The lowest BCUT2D eigenvalue weighted by atomic mass is 9.88. The van der Waals surface area contributed by atoms with Crippen molar-refractivity contribution in [2.75, 3.05) is 6.61 Å². The van der Waals surface area contributed by atoms with Crippen LogP contribution < -0.4 is 4.74 Å². The van der Waals surface area contributed by atoms with Crippen LogP contribution in [0.1, 0.15) is 38.7 Å². The fraction of sp³-hybridized carbons (Fsp3) is 0.333. The molecule has 3 aromatic rings. The molecule has 1 atom stereocenters. The van der Waals surface area contributed by atoms with Crippen LogP contribution in [-0.2, 0) is 6.42 Å². The van der Waals surface area contributed by atoms with Crippen molar-refractivity contribution in [1.29, 1.82) is 0 Å². The summed E-state index contributed by atoms with van der Waals surface area (Å²) in [5, 5.41) is 1.01. The van der Waals surface area contributed by atoms with Gasteiger partial charge in [-0.05, 0) is 68.4 Å². The molecule has 152 valence electrons. The molecule has 29 heavy (non-hydrogen) atoms. The van der Waals surface area contributed by atoms with E-state index in [1.807, 2.05) is 0 Å². The van der Waals surface area contributed by atoms with E-state index in [9.17, 15) is 8.78 Å². The second-order valence-corrected chi connectivity index (χ2v) is 7.79. The summed E-state index contributed by atoms with van der Waals surface area (Å²) in [5.74, 6) is -0.960. The number of hydrogen-bond donors (Lipinski definition) is 0. The molecule has 5 heteroatoms. The van der Waals surface area contributed by atoms with Gasteiger partial charge in [0, 0.05) is 10.8 Å². The lowest BCUT2D eigenvalue weighted by molar-refractivity contribution is 0.338. The SMILES string of the molecule is C/C(F)=C/COc1ccc2c(oc3c(F)c(CC4=CCC(C)CC4)ccc32)c1F. The van der Waals surface area contributed by atoms with Gasteiger partial charge in [0.05, 0.1) is 5.83 Å². The van der Waals surface area contributed by atoms with Crippen molar-refractivity contribution in [3.8, 4) is 5.75 Å². The summed E-state index contributed by atoms with van der Waals surface area (Å²) < 4.78 is 53.6. The van der Waals surface area contributed by atoms with Gasteiger partial charge in [-0.1, -0.05) is 24.6 Å². The lowest BCUT2D eigenvalue weighted by Gasteiger charge is -2.18. The molecule has 2 aromatic carbocycles. The van der Waals surface area contributed by atoms with Crippen molar-refractivity contribution < 1.29 is 22.3 Å². The summed E-state index contributed by atoms with van der Waals surface area (Å²) in [6.07, 6.45) is 7.06. The largest absolute Gasteiger partial charge is 0.486 e. The van der Waals surface area contributed by atoms with E-state index in [0.717, 1.165) is 19.3 Å². The standard InChI is InChI=1S/C24H23F3O2/c1-14-3-5-16(6-4-14)13-17-7-8-18-19-9-10-20(28-12-11-15(2)25)22(27)24(19)29-23(18)21(17)26/h5,7-11,14H,3-4,6,12-13H2,1-2H3/b15-11-. The summed E-state index contributed by atoms with van der Waals surface area (Å²) in [4.78, 5) is 0. The number of rotatable bonds is 5. The molecule has 0 fully saturated rings. The van der Waals surface area contributed by atoms with Crippen molar-refractivity contribution >= 4 is 21.9 Å². The molecular weight excluding hydrogens is 377 g/mol. The van der Waals surface area contributed by atoms with E-state index in [0.29, 0.717) is 28.7 Å². The Kier molecular flexibility index (Phi) is 5.39. The molecular formula is C24H23F3O2. The third-order valence-electron chi connectivity index (χ3n) is 5.52. The molecule has 0 aliphatic heterocycles. The van der Waals surface area contributed by atoms with Crippen LogP contribution in [0.5, 0.6) is 5.75 Å². The third kappa shape index (κ3) is 3.91. The number of furan rings is 1. The third-order valence-corrected chi connectivity index (χ3v) is 5.52. The van der Waals surface area contributed by atoms with E-state index >= 15 is 4.39 Å². The first kappa shape index (κ1) is 19.6. The molecule has 0 bridgehead atoms. The number of fused-ring (bicyclic) bond motifs is 3. The number of ether oxygens (including phenoxy) is 1. The van der Waals surface area contributed by atoms with Gasteiger partial charge in [-0.2, -0.15) is 4.39 Å². The highest BCUT2D eigenvalue weighted by molar-refractivity contribution is 6.05. The Bertz CT molecular complexity index is 1120. The second kappa shape index (κ2) is 7.97. The molecule has 1 aliphatic rings. The topological polar surface area (TPSA) is 22.4 Å². The van der Waals surface area contributed by atoms with E-state index in [4.69, 9.17) is 9.15 Å². The molecule has 4 rings (SSSR count). The average molecular weight is 400 g/mol. The van der Waals surface area contributed by atoms with E-state index < -0.39 is 17.5 Å².